The van der Waals surface area contributed by atoms with Crippen LogP contribution in [0.4, 0.5) is 0 Å². The predicted octanol–water partition coefficient (Wildman–Crippen LogP) is 3.59. The summed E-state index contributed by atoms with van der Waals surface area (Å²) in [4.78, 5) is 4.58. The largest absolute Gasteiger partial charge is 0.495 e. The van der Waals surface area contributed by atoms with E-state index in [0.29, 0.717) is 0 Å². The summed E-state index contributed by atoms with van der Waals surface area (Å²) in [5, 5.41) is 0.753. The zero-order valence-corrected chi connectivity index (χ0v) is 11.3. The van der Waals surface area contributed by atoms with Gasteiger partial charge in [-0.3, -0.25) is 0 Å². The first-order valence-corrected chi connectivity index (χ1v) is 6.38. The van der Waals surface area contributed by atoms with Crippen LogP contribution in [0, 0.1) is 0 Å². The standard InChI is InChI=1S/C15H13ClN2O/c1-19-14-6-7-15-17-13(9-18(15)10-14)8-11-2-4-12(16)5-3-11/h2-7,9-10H,8H2,1H3. The van der Waals surface area contributed by atoms with Gasteiger partial charge in [-0.15, -0.1) is 0 Å². The smallest absolute Gasteiger partial charge is 0.137 e. The van der Waals surface area contributed by atoms with Gasteiger partial charge < -0.3 is 9.14 Å². The second kappa shape index (κ2) is 4.94. The molecule has 19 heavy (non-hydrogen) atoms. The monoisotopic (exact) mass is 272 g/mol. The second-order valence-electron chi connectivity index (χ2n) is 4.37. The first-order valence-electron chi connectivity index (χ1n) is 6.01. The van der Waals surface area contributed by atoms with Crippen LogP contribution in [0.3, 0.4) is 0 Å². The van der Waals surface area contributed by atoms with Crippen molar-refractivity contribution in [1.82, 2.24) is 9.38 Å². The van der Waals surface area contributed by atoms with E-state index in [-0.39, 0.29) is 0 Å². The van der Waals surface area contributed by atoms with E-state index in [1.807, 2.05) is 53.2 Å². The highest BCUT2D eigenvalue weighted by molar-refractivity contribution is 6.30. The number of imidazole rings is 1. The first kappa shape index (κ1) is 12.1. The summed E-state index contributed by atoms with van der Waals surface area (Å²) in [6.45, 7) is 0. The minimum absolute atomic E-state index is 0.753. The van der Waals surface area contributed by atoms with E-state index in [9.17, 15) is 0 Å². The molecule has 0 aliphatic heterocycles. The number of rotatable bonds is 3. The third-order valence-electron chi connectivity index (χ3n) is 3.01. The lowest BCUT2D eigenvalue weighted by Crippen LogP contribution is -1.87. The normalized spacial score (nSPS) is 10.8. The Bertz CT molecular complexity index is 704. The molecule has 1 aromatic carbocycles. The van der Waals surface area contributed by atoms with Gasteiger partial charge >= 0.3 is 0 Å². The minimum atomic E-state index is 0.753. The Labute approximate surface area is 116 Å². The van der Waals surface area contributed by atoms with Crippen molar-refractivity contribution in [2.45, 2.75) is 6.42 Å². The van der Waals surface area contributed by atoms with E-state index in [0.717, 1.165) is 28.5 Å². The van der Waals surface area contributed by atoms with Gasteiger partial charge in [0.25, 0.3) is 0 Å². The van der Waals surface area contributed by atoms with Gasteiger partial charge in [0.15, 0.2) is 0 Å². The molecule has 0 aliphatic rings. The highest BCUT2D eigenvalue weighted by Gasteiger charge is 2.04. The number of aromatic nitrogens is 2. The SMILES string of the molecule is COc1ccc2nc(Cc3ccc(Cl)cc3)cn2c1. The third-order valence-corrected chi connectivity index (χ3v) is 3.26. The number of halogens is 1. The maximum atomic E-state index is 5.88. The van der Waals surface area contributed by atoms with Crippen LogP contribution >= 0.6 is 11.6 Å². The van der Waals surface area contributed by atoms with E-state index >= 15 is 0 Å². The van der Waals surface area contributed by atoms with Crippen LogP contribution in [0.1, 0.15) is 11.3 Å². The van der Waals surface area contributed by atoms with Gasteiger partial charge in [-0.1, -0.05) is 23.7 Å². The molecule has 0 amide bonds. The lowest BCUT2D eigenvalue weighted by atomic mass is 10.1. The van der Waals surface area contributed by atoms with Crippen molar-refractivity contribution < 1.29 is 4.74 Å². The fraction of sp³-hybridized carbons (Fsp3) is 0.133. The van der Waals surface area contributed by atoms with E-state index in [1.54, 1.807) is 7.11 Å². The zero-order valence-electron chi connectivity index (χ0n) is 10.5. The Balaban J connectivity index is 1.90. The summed E-state index contributed by atoms with van der Waals surface area (Å²) in [5.74, 6) is 0.822. The van der Waals surface area contributed by atoms with Crippen molar-refractivity contribution in [3.05, 3.63) is 65.1 Å². The maximum absolute atomic E-state index is 5.88. The molecule has 0 saturated carbocycles. The molecule has 0 fully saturated rings. The van der Waals surface area contributed by atoms with E-state index in [4.69, 9.17) is 16.3 Å². The highest BCUT2D eigenvalue weighted by Crippen LogP contribution is 2.16. The molecule has 0 N–H and O–H groups in total. The number of benzene rings is 1. The lowest BCUT2D eigenvalue weighted by Gasteiger charge is -1.98. The van der Waals surface area contributed by atoms with Gasteiger partial charge in [0.2, 0.25) is 0 Å². The molecule has 3 rings (SSSR count). The maximum Gasteiger partial charge on any atom is 0.137 e. The van der Waals surface area contributed by atoms with Crippen molar-refractivity contribution in [2.75, 3.05) is 7.11 Å². The fourth-order valence-corrected chi connectivity index (χ4v) is 2.17. The van der Waals surface area contributed by atoms with Gasteiger partial charge in [0.1, 0.15) is 11.4 Å². The van der Waals surface area contributed by atoms with Gasteiger partial charge in [-0.25, -0.2) is 4.98 Å². The van der Waals surface area contributed by atoms with E-state index in [1.165, 1.54) is 5.56 Å². The quantitative estimate of drug-likeness (QED) is 0.728. The van der Waals surface area contributed by atoms with Gasteiger partial charge in [0.05, 0.1) is 19.0 Å². The highest BCUT2D eigenvalue weighted by atomic mass is 35.5. The summed E-state index contributed by atoms with van der Waals surface area (Å²) < 4.78 is 7.18. The summed E-state index contributed by atoms with van der Waals surface area (Å²) in [5.41, 5.74) is 3.14. The molecule has 3 nitrogen and oxygen atoms in total. The molecule has 2 heterocycles. The van der Waals surface area contributed by atoms with Crippen LogP contribution in [0.2, 0.25) is 5.02 Å². The van der Waals surface area contributed by atoms with Crippen molar-refractivity contribution in [3.63, 3.8) is 0 Å². The number of hydrogen-bond acceptors (Lipinski definition) is 2. The summed E-state index contributed by atoms with van der Waals surface area (Å²) >= 11 is 5.88. The molecule has 0 bridgehead atoms. The summed E-state index contributed by atoms with van der Waals surface area (Å²) in [6.07, 6.45) is 4.74. The van der Waals surface area contributed by atoms with Crippen LogP contribution < -0.4 is 4.74 Å². The molecule has 0 aliphatic carbocycles. The Morgan fingerprint density at radius 2 is 1.89 bits per heavy atom. The molecular formula is C15H13ClN2O. The van der Waals surface area contributed by atoms with Crippen molar-refractivity contribution in [1.29, 1.82) is 0 Å². The minimum Gasteiger partial charge on any atom is -0.495 e. The van der Waals surface area contributed by atoms with Crippen molar-refractivity contribution in [3.8, 4) is 5.75 Å². The molecule has 2 aromatic heterocycles. The molecule has 0 spiro atoms. The zero-order chi connectivity index (χ0) is 13.2. The van der Waals surface area contributed by atoms with Crippen LogP contribution in [-0.4, -0.2) is 16.5 Å². The first-order chi connectivity index (χ1) is 9.24. The number of pyridine rings is 1. The molecule has 0 atom stereocenters. The van der Waals surface area contributed by atoms with Crippen molar-refractivity contribution in [2.24, 2.45) is 0 Å². The Morgan fingerprint density at radius 1 is 1.11 bits per heavy atom. The Morgan fingerprint density at radius 3 is 2.63 bits per heavy atom. The van der Waals surface area contributed by atoms with Gasteiger partial charge in [-0.2, -0.15) is 0 Å². The van der Waals surface area contributed by atoms with Crippen LogP contribution in [0.15, 0.2) is 48.8 Å². The predicted molar refractivity (Wildman–Crippen MR) is 76.0 cm³/mol. The molecule has 0 radical (unpaired) electrons. The third kappa shape index (κ3) is 2.56. The average Bonchev–Trinajstić information content (AvgIpc) is 2.82. The summed E-state index contributed by atoms with van der Waals surface area (Å²) in [7, 11) is 1.66. The fourth-order valence-electron chi connectivity index (χ4n) is 2.04. The average molecular weight is 273 g/mol. The van der Waals surface area contributed by atoms with E-state index < -0.39 is 0 Å². The Hall–Kier alpha value is -2.00. The summed E-state index contributed by atoms with van der Waals surface area (Å²) in [6, 6.07) is 11.7. The lowest BCUT2D eigenvalue weighted by molar-refractivity contribution is 0.412. The topological polar surface area (TPSA) is 26.5 Å². The van der Waals surface area contributed by atoms with Crippen LogP contribution in [-0.2, 0) is 6.42 Å². The van der Waals surface area contributed by atoms with Crippen LogP contribution in [0.5, 0.6) is 5.75 Å². The molecule has 0 saturated heterocycles. The van der Waals surface area contributed by atoms with Crippen LogP contribution in [0.25, 0.3) is 5.65 Å². The number of ether oxygens (including phenoxy) is 1. The second-order valence-corrected chi connectivity index (χ2v) is 4.81. The molecule has 96 valence electrons. The molecule has 4 heteroatoms. The van der Waals surface area contributed by atoms with Gasteiger partial charge in [0, 0.05) is 17.6 Å². The number of methoxy groups -OCH3 is 1. The Kier molecular flexibility index (Phi) is 3.13. The number of hydrogen-bond donors (Lipinski definition) is 0. The van der Waals surface area contributed by atoms with E-state index in [2.05, 4.69) is 4.98 Å². The molecule has 0 unspecified atom stereocenters. The van der Waals surface area contributed by atoms with Crippen molar-refractivity contribution >= 4 is 17.2 Å². The van der Waals surface area contributed by atoms with Gasteiger partial charge in [-0.05, 0) is 29.8 Å². The molecular weight excluding hydrogens is 260 g/mol. The number of fused-ring (bicyclic) bond motifs is 1. The molecule has 3 aromatic rings. The number of nitrogens with zero attached hydrogens (tertiary/aromatic N) is 2.